The SMILES string of the molecule is CS(=O)(=O)CCN1CCCC1Cc1ccccc1. The first-order valence-electron chi connectivity index (χ1n) is 6.50. The van der Waals surface area contributed by atoms with Crippen LogP contribution in [0.15, 0.2) is 30.3 Å². The van der Waals surface area contributed by atoms with Crippen LogP contribution in [0.25, 0.3) is 0 Å². The van der Waals surface area contributed by atoms with Crippen molar-refractivity contribution in [2.75, 3.05) is 25.1 Å². The Kier molecular flexibility index (Phi) is 4.40. The molecule has 100 valence electrons. The first-order chi connectivity index (χ1) is 8.54. The molecule has 0 bridgehead atoms. The second-order valence-corrected chi connectivity index (χ2v) is 7.41. The fourth-order valence-corrected chi connectivity index (χ4v) is 3.16. The molecule has 1 unspecified atom stereocenters. The van der Waals surface area contributed by atoms with Crippen molar-refractivity contribution in [2.24, 2.45) is 0 Å². The molecule has 1 aliphatic rings. The average Bonchev–Trinajstić information content (AvgIpc) is 2.74. The number of hydrogen-bond donors (Lipinski definition) is 0. The van der Waals surface area contributed by atoms with E-state index in [9.17, 15) is 8.42 Å². The fourth-order valence-electron chi connectivity index (χ4n) is 2.59. The summed E-state index contributed by atoms with van der Waals surface area (Å²) < 4.78 is 22.5. The molecule has 1 fully saturated rings. The molecule has 18 heavy (non-hydrogen) atoms. The monoisotopic (exact) mass is 267 g/mol. The second kappa shape index (κ2) is 5.85. The maximum absolute atomic E-state index is 11.2. The summed E-state index contributed by atoms with van der Waals surface area (Å²) in [6.07, 6.45) is 4.71. The quantitative estimate of drug-likeness (QED) is 0.815. The Balaban J connectivity index is 1.92. The van der Waals surface area contributed by atoms with E-state index in [1.54, 1.807) is 0 Å². The van der Waals surface area contributed by atoms with E-state index in [1.165, 1.54) is 24.7 Å². The molecule has 1 aliphatic heterocycles. The van der Waals surface area contributed by atoms with Gasteiger partial charge in [0.15, 0.2) is 0 Å². The molecular formula is C14H21NO2S. The standard InChI is InChI=1S/C14H21NO2S/c1-18(16,17)11-10-15-9-5-8-14(15)12-13-6-3-2-4-7-13/h2-4,6-7,14H,5,8-12H2,1H3. The van der Waals surface area contributed by atoms with Gasteiger partial charge in [-0.15, -0.1) is 0 Å². The van der Waals surface area contributed by atoms with Gasteiger partial charge in [0.25, 0.3) is 0 Å². The number of likely N-dealkylation sites (tertiary alicyclic amines) is 1. The molecule has 0 N–H and O–H groups in total. The molecule has 1 saturated heterocycles. The van der Waals surface area contributed by atoms with Crippen molar-refractivity contribution in [1.82, 2.24) is 4.90 Å². The van der Waals surface area contributed by atoms with Gasteiger partial charge in [0.1, 0.15) is 9.84 Å². The molecule has 0 saturated carbocycles. The van der Waals surface area contributed by atoms with Crippen molar-refractivity contribution in [1.29, 1.82) is 0 Å². The van der Waals surface area contributed by atoms with E-state index >= 15 is 0 Å². The summed E-state index contributed by atoms with van der Waals surface area (Å²) in [5, 5.41) is 0. The lowest BCUT2D eigenvalue weighted by Gasteiger charge is -2.24. The van der Waals surface area contributed by atoms with Gasteiger partial charge in [0.05, 0.1) is 5.75 Å². The predicted molar refractivity (Wildman–Crippen MR) is 74.5 cm³/mol. The van der Waals surface area contributed by atoms with Crippen LogP contribution in [0.5, 0.6) is 0 Å². The molecule has 0 aliphatic carbocycles. The Morgan fingerprint density at radius 2 is 2.00 bits per heavy atom. The summed E-state index contributed by atoms with van der Waals surface area (Å²) in [4.78, 5) is 2.33. The van der Waals surface area contributed by atoms with Gasteiger partial charge >= 0.3 is 0 Å². The number of nitrogens with zero attached hydrogens (tertiary/aromatic N) is 1. The third-order valence-electron chi connectivity index (χ3n) is 3.56. The molecule has 1 atom stereocenters. The Labute approximate surface area is 110 Å². The first kappa shape index (κ1) is 13.6. The van der Waals surface area contributed by atoms with Crippen molar-refractivity contribution < 1.29 is 8.42 Å². The molecular weight excluding hydrogens is 246 g/mol. The van der Waals surface area contributed by atoms with Crippen LogP contribution >= 0.6 is 0 Å². The molecule has 1 heterocycles. The van der Waals surface area contributed by atoms with Gasteiger partial charge in [-0.05, 0) is 31.4 Å². The van der Waals surface area contributed by atoms with Crippen LogP contribution in [0, 0.1) is 0 Å². The van der Waals surface area contributed by atoms with E-state index in [-0.39, 0.29) is 5.75 Å². The van der Waals surface area contributed by atoms with Crippen LogP contribution in [-0.4, -0.2) is 44.5 Å². The van der Waals surface area contributed by atoms with Gasteiger partial charge in [-0.1, -0.05) is 30.3 Å². The molecule has 3 nitrogen and oxygen atoms in total. The average molecular weight is 267 g/mol. The van der Waals surface area contributed by atoms with E-state index in [1.807, 2.05) is 6.07 Å². The predicted octanol–water partition coefficient (Wildman–Crippen LogP) is 1.74. The van der Waals surface area contributed by atoms with Gasteiger partial charge in [-0.25, -0.2) is 8.42 Å². The summed E-state index contributed by atoms with van der Waals surface area (Å²) in [6, 6.07) is 10.9. The first-order valence-corrected chi connectivity index (χ1v) is 8.56. The van der Waals surface area contributed by atoms with Crippen LogP contribution in [-0.2, 0) is 16.3 Å². The third kappa shape index (κ3) is 4.10. The van der Waals surface area contributed by atoms with E-state index in [0.29, 0.717) is 12.6 Å². The van der Waals surface area contributed by atoms with Crippen molar-refractivity contribution in [3.63, 3.8) is 0 Å². The highest BCUT2D eigenvalue weighted by Gasteiger charge is 2.24. The van der Waals surface area contributed by atoms with Gasteiger partial charge in [0.2, 0.25) is 0 Å². The normalized spacial score (nSPS) is 21.3. The summed E-state index contributed by atoms with van der Waals surface area (Å²) in [7, 11) is -2.85. The zero-order chi connectivity index (χ0) is 13.0. The van der Waals surface area contributed by atoms with E-state index in [4.69, 9.17) is 0 Å². The highest BCUT2D eigenvalue weighted by molar-refractivity contribution is 7.90. The number of sulfone groups is 1. The van der Waals surface area contributed by atoms with Crippen molar-refractivity contribution >= 4 is 9.84 Å². The summed E-state index contributed by atoms with van der Waals surface area (Å²) in [6.45, 7) is 1.71. The zero-order valence-corrected chi connectivity index (χ0v) is 11.7. The smallest absolute Gasteiger partial charge is 0.148 e. The van der Waals surface area contributed by atoms with E-state index in [0.717, 1.165) is 13.0 Å². The Hall–Kier alpha value is -0.870. The number of rotatable bonds is 5. The summed E-state index contributed by atoms with van der Waals surface area (Å²) >= 11 is 0. The second-order valence-electron chi connectivity index (χ2n) is 5.15. The van der Waals surface area contributed by atoms with Gasteiger partial charge < -0.3 is 0 Å². The minimum Gasteiger partial charge on any atom is -0.299 e. The fraction of sp³-hybridized carbons (Fsp3) is 0.571. The van der Waals surface area contributed by atoms with Crippen LogP contribution in [0.4, 0.5) is 0 Å². The van der Waals surface area contributed by atoms with E-state index in [2.05, 4.69) is 29.2 Å². The molecule has 0 spiro atoms. The van der Waals surface area contributed by atoms with Gasteiger partial charge in [-0.3, -0.25) is 4.90 Å². The van der Waals surface area contributed by atoms with Crippen molar-refractivity contribution in [3.8, 4) is 0 Å². The van der Waals surface area contributed by atoms with Crippen LogP contribution in [0.1, 0.15) is 18.4 Å². The van der Waals surface area contributed by atoms with Crippen molar-refractivity contribution in [2.45, 2.75) is 25.3 Å². The van der Waals surface area contributed by atoms with Crippen LogP contribution in [0.2, 0.25) is 0 Å². The maximum Gasteiger partial charge on any atom is 0.148 e. The molecule has 0 amide bonds. The summed E-state index contributed by atoms with van der Waals surface area (Å²) in [5.41, 5.74) is 1.34. The topological polar surface area (TPSA) is 37.4 Å². The van der Waals surface area contributed by atoms with Crippen LogP contribution in [0.3, 0.4) is 0 Å². The number of benzene rings is 1. The lowest BCUT2D eigenvalue weighted by atomic mass is 10.0. The van der Waals surface area contributed by atoms with E-state index < -0.39 is 9.84 Å². The van der Waals surface area contributed by atoms with Gasteiger partial charge in [0, 0.05) is 18.8 Å². The summed E-state index contributed by atoms with van der Waals surface area (Å²) in [5.74, 6) is 0.276. The van der Waals surface area contributed by atoms with Crippen LogP contribution < -0.4 is 0 Å². The highest BCUT2D eigenvalue weighted by Crippen LogP contribution is 2.20. The maximum atomic E-state index is 11.2. The molecule has 0 aromatic heterocycles. The molecule has 0 radical (unpaired) electrons. The lowest BCUT2D eigenvalue weighted by molar-refractivity contribution is 0.267. The lowest BCUT2D eigenvalue weighted by Crippen LogP contribution is -2.34. The Bertz CT molecular complexity index is 470. The highest BCUT2D eigenvalue weighted by atomic mass is 32.2. The number of hydrogen-bond acceptors (Lipinski definition) is 3. The van der Waals surface area contributed by atoms with Gasteiger partial charge in [-0.2, -0.15) is 0 Å². The molecule has 1 aromatic carbocycles. The molecule has 2 rings (SSSR count). The third-order valence-corrected chi connectivity index (χ3v) is 4.49. The minimum absolute atomic E-state index is 0.276. The zero-order valence-electron chi connectivity index (χ0n) is 10.9. The molecule has 4 heteroatoms. The molecule has 1 aromatic rings. The Morgan fingerprint density at radius 1 is 1.28 bits per heavy atom. The Morgan fingerprint density at radius 3 is 2.67 bits per heavy atom. The minimum atomic E-state index is -2.85. The largest absolute Gasteiger partial charge is 0.299 e. The van der Waals surface area contributed by atoms with Crippen molar-refractivity contribution in [3.05, 3.63) is 35.9 Å².